The van der Waals surface area contributed by atoms with Crippen molar-refractivity contribution in [2.24, 2.45) is 0 Å². The monoisotopic (exact) mass is 177 g/mol. The van der Waals surface area contributed by atoms with Crippen LogP contribution in [0.15, 0.2) is 24.3 Å². The summed E-state index contributed by atoms with van der Waals surface area (Å²) in [4.78, 5) is 0. The second kappa shape index (κ2) is 5.03. The van der Waals surface area contributed by atoms with Crippen molar-refractivity contribution in [1.29, 1.82) is 0 Å². The van der Waals surface area contributed by atoms with E-state index in [1.807, 2.05) is 7.05 Å². The van der Waals surface area contributed by atoms with Gasteiger partial charge in [-0.2, -0.15) is 0 Å². The predicted molar refractivity (Wildman–Crippen MR) is 58.0 cm³/mol. The van der Waals surface area contributed by atoms with E-state index in [0.29, 0.717) is 6.04 Å². The Bertz CT molecular complexity index is 234. The van der Waals surface area contributed by atoms with Crippen LogP contribution in [-0.2, 0) is 6.42 Å². The quantitative estimate of drug-likeness (QED) is 0.745. The Labute approximate surface area is 81.2 Å². The lowest BCUT2D eigenvalue weighted by atomic mass is 10.0. The highest BCUT2D eigenvalue weighted by Gasteiger charge is 2.03. The summed E-state index contributed by atoms with van der Waals surface area (Å²) in [7, 11) is 2.03. The van der Waals surface area contributed by atoms with E-state index in [1.165, 1.54) is 17.5 Å². The highest BCUT2D eigenvalue weighted by atomic mass is 14.9. The molecule has 0 aromatic heterocycles. The van der Waals surface area contributed by atoms with Crippen LogP contribution in [0.2, 0.25) is 0 Å². The maximum Gasteiger partial charge on any atom is 0.0102 e. The van der Waals surface area contributed by atoms with Gasteiger partial charge in [0.25, 0.3) is 0 Å². The minimum absolute atomic E-state index is 0.614. The van der Waals surface area contributed by atoms with Gasteiger partial charge in [0.1, 0.15) is 0 Å². The predicted octanol–water partition coefficient (Wildman–Crippen LogP) is 2.54. The van der Waals surface area contributed by atoms with Crippen molar-refractivity contribution in [2.45, 2.75) is 32.7 Å². The van der Waals surface area contributed by atoms with Crippen molar-refractivity contribution < 1.29 is 0 Å². The molecule has 0 aliphatic heterocycles. The van der Waals surface area contributed by atoms with E-state index in [4.69, 9.17) is 0 Å². The van der Waals surface area contributed by atoms with Gasteiger partial charge in [0, 0.05) is 6.04 Å². The zero-order chi connectivity index (χ0) is 9.68. The molecule has 0 aliphatic carbocycles. The molecule has 0 amide bonds. The summed E-state index contributed by atoms with van der Waals surface area (Å²) in [5, 5.41) is 3.31. The lowest BCUT2D eigenvalue weighted by Gasteiger charge is -2.13. The van der Waals surface area contributed by atoms with E-state index in [1.54, 1.807) is 0 Å². The average molecular weight is 177 g/mol. The lowest BCUT2D eigenvalue weighted by Crippen LogP contribution is -2.26. The Morgan fingerprint density at radius 2 is 1.85 bits per heavy atom. The van der Waals surface area contributed by atoms with Crippen molar-refractivity contribution in [1.82, 2.24) is 5.32 Å². The highest BCUT2D eigenvalue weighted by Crippen LogP contribution is 2.07. The molecule has 1 aromatic carbocycles. The SMILES string of the molecule is CCC(Cc1ccc(C)cc1)NC. The van der Waals surface area contributed by atoms with Gasteiger partial charge in [-0.3, -0.25) is 0 Å². The first-order valence-electron chi connectivity index (χ1n) is 4.99. The minimum atomic E-state index is 0.614. The fourth-order valence-electron chi connectivity index (χ4n) is 1.46. The van der Waals surface area contributed by atoms with Gasteiger partial charge in [-0.05, 0) is 32.4 Å². The molecule has 13 heavy (non-hydrogen) atoms. The molecule has 1 N–H and O–H groups in total. The second-order valence-electron chi connectivity index (χ2n) is 3.58. The molecule has 1 nitrogen and oxygen atoms in total. The third-order valence-electron chi connectivity index (χ3n) is 2.50. The molecule has 72 valence electrons. The molecule has 1 rings (SSSR count). The summed E-state index contributed by atoms with van der Waals surface area (Å²) in [5.41, 5.74) is 2.76. The average Bonchev–Trinajstić information content (AvgIpc) is 2.17. The fourth-order valence-corrected chi connectivity index (χ4v) is 1.46. The Balaban J connectivity index is 2.58. The Hall–Kier alpha value is -0.820. The molecule has 0 aliphatic rings. The maximum absolute atomic E-state index is 3.31. The standard InChI is InChI=1S/C12H19N/c1-4-12(13-3)9-11-7-5-10(2)6-8-11/h5-8,12-13H,4,9H2,1-3H3. The van der Waals surface area contributed by atoms with E-state index < -0.39 is 0 Å². The second-order valence-corrected chi connectivity index (χ2v) is 3.58. The number of likely N-dealkylation sites (N-methyl/N-ethyl adjacent to an activating group) is 1. The minimum Gasteiger partial charge on any atom is -0.317 e. The first-order chi connectivity index (χ1) is 6.26. The number of rotatable bonds is 4. The van der Waals surface area contributed by atoms with E-state index in [9.17, 15) is 0 Å². The number of nitrogens with one attached hydrogen (secondary N) is 1. The molecule has 0 heterocycles. The van der Waals surface area contributed by atoms with Gasteiger partial charge in [0.15, 0.2) is 0 Å². The van der Waals surface area contributed by atoms with Gasteiger partial charge in [-0.1, -0.05) is 36.8 Å². The van der Waals surface area contributed by atoms with Gasteiger partial charge in [-0.15, -0.1) is 0 Å². The van der Waals surface area contributed by atoms with Crippen LogP contribution in [0.3, 0.4) is 0 Å². The molecule has 1 heteroatoms. The molecule has 0 saturated carbocycles. The van der Waals surface area contributed by atoms with Gasteiger partial charge in [-0.25, -0.2) is 0 Å². The maximum atomic E-state index is 3.31. The topological polar surface area (TPSA) is 12.0 Å². The summed E-state index contributed by atoms with van der Waals surface area (Å²) >= 11 is 0. The normalized spacial score (nSPS) is 12.8. The fraction of sp³-hybridized carbons (Fsp3) is 0.500. The Morgan fingerprint density at radius 3 is 2.31 bits per heavy atom. The molecular weight excluding hydrogens is 158 g/mol. The third-order valence-corrected chi connectivity index (χ3v) is 2.50. The van der Waals surface area contributed by atoms with Crippen molar-refractivity contribution in [3.63, 3.8) is 0 Å². The van der Waals surface area contributed by atoms with Crippen LogP contribution in [0.1, 0.15) is 24.5 Å². The van der Waals surface area contributed by atoms with Crippen molar-refractivity contribution >= 4 is 0 Å². The van der Waals surface area contributed by atoms with Gasteiger partial charge in [0.05, 0.1) is 0 Å². The number of aryl methyl sites for hydroxylation is 1. The van der Waals surface area contributed by atoms with E-state index in [0.717, 1.165) is 6.42 Å². The van der Waals surface area contributed by atoms with Crippen LogP contribution in [0.25, 0.3) is 0 Å². The lowest BCUT2D eigenvalue weighted by molar-refractivity contribution is 0.543. The summed E-state index contributed by atoms with van der Waals surface area (Å²) in [5.74, 6) is 0. The summed E-state index contributed by atoms with van der Waals surface area (Å²) in [6.07, 6.45) is 2.32. The molecule has 0 fully saturated rings. The van der Waals surface area contributed by atoms with Gasteiger partial charge >= 0.3 is 0 Å². The highest BCUT2D eigenvalue weighted by molar-refractivity contribution is 5.21. The van der Waals surface area contributed by atoms with Crippen LogP contribution in [-0.4, -0.2) is 13.1 Å². The zero-order valence-electron chi connectivity index (χ0n) is 8.80. The van der Waals surface area contributed by atoms with Crippen molar-refractivity contribution in [3.05, 3.63) is 35.4 Å². The first-order valence-corrected chi connectivity index (χ1v) is 4.99. The summed E-state index contributed by atoms with van der Waals surface area (Å²) in [6, 6.07) is 9.41. The third kappa shape index (κ3) is 3.19. The van der Waals surface area contributed by atoms with E-state index in [2.05, 4.69) is 43.4 Å². The molecule has 1 unspecified atom stereocenters. The van der Waals surface area contributed by atoms with Crippen LogP contribution in [0, 0.1) is 6.92 Å². The zero-order valence-corrected chi connectivity index (χ0v) is 8.80. The summed E-state index contributed by atoms with van der Waals surface area (Å²) in [6.45, 7) is 4.34. The molecule has 1 aromatic rings. The van der Waals surface area contributed by atoms with Crippen molar-refractivity contribution in [2.75, 3.05) is 7.05 Å². The van der Waals surface area contributed by atoms with E-state index >= 15 is 0 Å². The van der Waals surface area contributed by atoms with Crippen LogP contribution in [0.5, 0.6) is 0 Å². The molecule has 0 radical (unpaired) electrons. The first kappa shape index (κ1) is 10.3. The van der Waals surface area contributed by atoms with Crippen molar-refractivity contribution in [3.8, 4) is 0 Å². The van der Waals surface area contributed by atoms with E-state index in [-0.39, 0.29) is 0 Å². The number of hydrogen-bond acceptors (Lipinski definition) is 1. The molecule has 0 spiro atoms. The van der Waals surface area contributed by atoms with Gasteiger partial charge < -0.3 is 5.32 Å². The number of benzene rings is 1. The van der Waals surface area contributed by atoms with Crippen LogP contribution < -0.4 is 5.32 Å². The number of hydrogen-bond donors (Lipinski definition) is 1. The van der Waals surface area contributed by atoms with Crippen LogP contribution in [0.4, 0.5) is 0 Å². The Morgan fingerprint density at radius 1 is 1.23 bits per heavy atom. The molecule has 0 saturated heterocycles. The van der Waals surface area contributed by atoms with Gasteiger partial charge in [0.2, 0.25) is 0 Å². The van der Waals surface area contributed by atoms with Crippen LogP contribution >= 0.6 is 0 Å². The smallest absolute Gasteiger partial charge is 0.0102 e. The molecule has 0 bridgehead atoms. The molecule has 1 atom stereocenters. The summed E-state index contributed by atoms with van der Waals surface area (Å²) < 4.78 is 0. The Kier molecular flexibility index (Phi) is 3.97. The largest absolute Gasteiger partial charge is 0.317 e. The molecular formula is C12H19N.